The van der Waals surface area contributed by atoms with Crippen molar-refractivity contribution in [1.82, 2.24) is 20.2 Å². The summed E-state index contributed by atoms with van der Waals surface area (Å²) < 4.78 is 20.1. The minimum Gasteiger partial charge on any atom is -0.467 e. The van der Waals surface area contributed by atoms with Crippen LogP contribution in [0.3, 0.4) is 0 Å². The van der Waals surface area contributed by atoms with Crippen LogP contribution in [0.25, 0.3) is 0 Å². The molecule has 2 amide bonds. The molecule has 0 spiro atoms. The number of hydrogen-bond acceptors (Lipinski definition) is 4. The molecule has 29 heavy (non-hydrogen) atoms. The lowest BCUT2D eigenvalue weighted by molar-refractivity contribution is 0.0935. The lowest BCUT2D eigenvalue weighted by atomic mass is 10.1. The smallest absolute Gasteiger partial charge is 0.287 e. The van der Waals surface area contributed by atoms with Gasteiger partial charge in [0, 0.05) is 13.1 Å². The van der Waals surface area contributed by atoms with Gasteiger partial charge in [0.15, 0.2) is 5.82 Å². The highest BCUT2D eigenvalue weighted by Crippen LogP contribution is 2.21. The van der Waals surface area contributed by atoms with E-state index in [-0.39, 0.29) is 42.2 Å². The van der Waals surface area contributed by atoms with Gasteiger partial charge in [0.05, 0.1) is 18.5 Å². The first-order valence-electron chi connectivity index (χ1n) is 9.54. The van der Waals surface area contributed by atoms with Crippen molar-refractivity contribution in [3.05, 3.63) is 77.0 Å². The van der Waals surface area contributed by atoms with Crippen LogP contribution in [-0.4, -0.2) is 21.4 Å². The van der Waals surface area contributed by atoms with Crippen LogP contribution in [0.2, 0.25) is 0 Å². The Morgan fingerprint density at radius 1 is 1.07 bits per heavy atom. The number of amides is 2. The second-order valence-electron chi connectivity index (χ2n) is 6.91. The number of nitrogens with zero attached hydrogens (tertiary/aromatic N) is 2. The predicted molar refractivity (Wildman–Crippen MR) is 103 cm³/mol. The Hall–Kier alpha value is -3.42. The van der Waals surface area contributed by atoms with Crippen molar-refractivity contribution >= 4 is 11.8 Å². The predicted octanol–water partition coefficient (Wildman–Crippen LogP) is 2.81. The Bertz CT molecular complexity index is 1010. The molecule has 4 rings (SSSR count). The third-order valence-corrected chi connectivity index (χ3v) is 4.91. The standard InChI is InChI=1S/C21H21FN4O3/c22-15-8-6-14(7-9-15)12-23-21(28)19-25-18(17-5-1-2-10-26(17)19)20(27)24-13-16-4-3-11-29-16/h3-4,6-9,11H,1-2,5,10,12-13H2,(H,23,28)(H,24,27). The van der Waals surface area contributed by atoms with Gasteiger partial charge in [0.2, 0.25) is 0 Å². The molecule has 0 atom stereocenters. The average molecular weight is 396 g/mol. The van der Waals surface area contributed by atoms with Gasteiger partial charge in [-0.2, -0.15) is 0 Å². The first-order valence-corrected chi connectivity index (χ1v) is 9.54. The molecule has 2 N–H and O–H groups in total. The van der Waals surface area contributed by atoms with Crippen molar-refractivity contribution in [1.29, 1.82) is 0 Å². The SMILES string of the molecule is O=C(NCc1ccco1)c1nc(C(=O)NCc2ccc(F)cc2)n2c1CCCC2. The zero-order valence-corrected chi connectivity index (χ0v) is 15.8. The summed E-state index contributed by atoms with van der Waals surface area (Å²) >= 11 is 0. The van der Waals surface area contributed by atoms with E-state index in [2.05, 4.69) is 15.6 Å². The van der Waals surface area contributed by atoms with Gasteiger partial charge in [-0.05, 0) is 49.1 Å². The van der Waals surface area contributed by atoms with E-state index in [9.17, 15) is 14.0 Å². The first kappa shape index (κ1) is 18.9. The minimum atomic E-state index is -0.359. The molecule has 0 fully saturated rings. The molecule has 0 bridgehead atoms. The minimum absolute atomic E-state index is 0.227. The van der Waals surface area contributed by atoms with Gasteiger partial charge >= 0.3 is 0 Å². The Morgan fingerprint density at radius 2 is 1.86 bits per heavy atom. The molecular weight excluding hydrogens is 375 g/mol. The maximum absolute atomic E-state index is 13.0. The number of carbonyl (C=O) groups excluding carboxylic acids is 2. The van der Waals surface area contributed by atoms with Crippen molar-refractivity contribution in [2.24, 2.45) is 0 Å². The fraction of sp³-hybridized carbons (Fsp3) is 0.286. The van der Waals surface area contributed by atoms with Crippen LogP contribution >= 0.6 is 0 Å². The molecule has 0 saturated carbocycles. The number of rotatable bonds is 6. The summed E-state index contributed by atoms with van der Waals surface area (Å²) in [6, 6.07) is 9.45. The van der Waals surface area contributed by atoms with Crippen LogP contribution < -0.4 is 10.6 Å². The van der Waals surface area contributed by atoms with E-state index in [0.29, 0.717) is 18.7 Å². The first-order chi connectivity index (χ1) is 14.1. The van der Waals surface area contributed by atoms with Crippen LogP contribution in [0.5, 0.6) is 0 Å². The molecule has 150 valence electrons. The highest BCUT2D eigenvalue weighted by molar-refractivity contribution is 5.97. The number of aromatic nitrogens is 2. The fourth-order valence-electron chi connectivity index (χ4n) is 3.43. The van der Waals surface area contributed by atoms with Gasteiger partial charge in [-0.25, -0.2) is 9.37 Å². The van der Waals surface area contributed by atoms with E-state index in [4.69, 9.17) is 4.42 Å². The normalized spacial score (nSPS) is 13.0. The molecule has 1 aromatic carbocycles. The second kappa shape index (κ2) is 8.30. The van der Waals surface area contributed by atoms with Crippen molar-refractivity contribution in [2.75, 3.05) is 0 Å². The lowest BCUT2D eigenvalue weighted by Gasteiger charge is -2.17. The van der Waals surface area contributed by atoms with Crippen molar-refractivity contribution in [3.63, 3.8) is 0 Å². The summed E-state index contributed by atoms with van der Waals surface area (Å²) in [6.45, 7) is 1.15. The monoisotopic (exact) mass is 396 g/mol. The molecule has 3 aromatic rings. The number of benzene rings is 1. The quantitative estimate of drug-likeness (QED) is 0.671. The van der Waals surface area contributed by atoms with Crippen molar-refractivity contribution < 1.29 is 18.4 Å². The molecule has 2 aromatic heterocycles. The maximum atomic E-state index is 13.0. The third-order valence-electron chi connectivity index (χ3n) is 4.91. The maximum Gasteiger partial charge on any atom is 0.287 e. The van der Waals surface area contributed by atoms with Gasteiger partial charge in [0.1, 0.15) is 17.3 Å². The van der Waals surface area contributed by atoms with Crippen molar-refractivity contribution in [2.45, 2.75) is 38.9 Å². The molecule has 0 saturated heterocycles. The summed E-state index contributed by atoms with van der Waals surface area (Å²) in [5, 5.41) is 5.59. The van der Waals surface area contributed by atoms with Crippen LogP contribution in [-0.2, 0) is 26.1 Å². The number of carbonyl (C=O) groups is 2. The lowest BCUT2D eigenvalue weighted by Crippen LogP contribution is -2.27. The fourth-order valence-corrected chi connectivity index (χ4v) is 3.43. The van der Waals surface area contributed by atoms with Gasteiger partial charge in [-0.3, -0.25) is 9.59 Å². The van der Waals surface area contributed by atoms with E-state index in [1.54, 1.807) is 30.5 Å². The highest BCUT2D eigenvalue weighted by Gasteiger charge is 2.27. The van der Waals surface area contributed by atoms with Crippen LogP contribution in [0.15, 0.2) is 47.1 Å². The van der Waals surface area contributed by atoms with Gasteiger partial charge < -0.3 is 19.6 Å². The largest absolute Gasteiger partial charge is 0.467 e. The molecule has 1 aliphatic heterocycles. The van der Waals surface area contributed by atoms with Crippen LogP contribution in [0.1, 0.15) is 51.0 Å². The zero-order chi connectivity index (χ0) is 20.2. The van der Waals surface area contributed by atoms with E-state index < -0.39 is 0 Å². The Morgan fingerprint density at radius 3 is 2.62 bits per heavy atom. The molecule has 0 unspecified atom stereocenters. The van der Waals surface area contributed by atoms with E-state index in [1.165, 1.54) is 12.1 Å². The summed E-state index contributed by atoms with van der Waals surface area (Å²) in [7, 11) is 0. The summed E-state index contributed by atoms with van der Waals surface area (Å²) in [4.78, 5) is 29.8. The number of fused-ring (bicyclic) bond motifs is 1. The van der Waals surface area contributed by atoms with E-state index in [1.807, 2.05) is 4.57 Å². The summed E-state index contributed by atoms with van der Waals surface area (Å²) in [5.41, 5.74) is 1.84. The highest BCUT2D eigenvalue weighted by atomic mass is 19.1. The number of furan rings is 1. The number of halogens is 1. The Balaban J connectivity index is 1.49. The van der Waals surface area contributed by atoms with E-state index in [0.717, 1.165) is 24.1 Å². The molecule has 7 nitrogen and oxygen atoms in total. The molecule has 0 aliphatic carbocycles. The molecule has 3 heterocycles. The number of imidazole rings is 1. The van der Waals surface area contributed by atoms with Crippen LogP contribution in [0.4, 0.5) is 4.39 Å². The third kappa shape index (κ3) is 4.21. The second-order valence-corrected chi connectivity index (χ2v) is 6.91. The van der Waals surface area contributed by atoms with Gasteiger partial charge in [-0.1, -0.05) is 12.1 Å². The Kier molecular flexibility index (Phi) is 5.41. The van der Waals surface area contributed by atoms with Crippen LogP contribution in [0, 0.1) is 5.82 Å². The topological polar surface area (TPSA) is 89.2 Å². The molecule has 8 heteroatoms. The number of hydrogen-bond donors (Lipinski definition) is 2. The molecular formula is C21H21FN4O3. The van der Waals surface area contributed by atoms with E-state index >= 15 is 0 Å². The molecule has 1 aliphatic rings. The summed E-state index contributed by atoms with van der Waals surface area (Å²) in [5.74, 6) is -0.145. The van der Waals surface area contributed by atoms with Crippen molar-refractivity contribution in [3.8, 4) is 0 Å². The Labute approximate surface area is 166 Å². The zero-order valence-electron chi connectivity index (χ0n) is 15.8. The number of nitrogens with one attached hydrogen (secondary N) is 2. The summed E-state index contributed by atoms with van der Waals surface area (Å²) in [6.07, 6.45) is 4.11. The average Bonchev–Trinajstić information content (AvgIpc) is 3.39. The van der Waals surface area contributed by atoms with Gasteiger partial charge in [0.25, 0.3) is 11.8 Å². The molecule has 0 radical (unpaired) electrons. The van der Waals surface area contributed by atoms with Gasteiger partial charge in [-0.15, -0.1) is 0 Å².